The number of hydrogen-bond acceptors (Lipinski definition) is 7. The summed E-state index contributed by atoms with van der Waals surface area (Å²) < 4.78 is 13.3. The van der Waals surface area contributed by atoms with Gasteiger partial charge in [0.05, 0.1) is 0 Å². The predicted octanol–water partition coefficient (Wildman–Crippen LogP) is 2.81. The molecule has 3 rings (SSSR count). The standard InChI is InChI=1S/C20H25N4O5.3CH3.Sn/c1-12-13(6-7-14-15(12)10-28-18(14)26)16(25)8-24(19(27)29-20(2,3)4)9-17-21-11-22-23(17)5;;;;/h6-7,16,25H,8-10H2,1-5H3;3*1H3;/t16-;;;;/m0..../s1. The first-order valence-corrected chi connectivity index (χ1v) is 21.0. The molecule has 1 N–H and O–H groups in total. The molecule has 33 heavy (non-hydrogen) atoms. The fourth-order valence-corrected chi connectivity index (χ4v) is 6.22. The predicted molar refractivity (Wildman–Crippen MR) is 126 cm³/mol. The monoisotopic (exact) mass is 566 g/mol. The van der Waals surface area contributed by atoms with Crippen LogP contribution in [-0.4, -0.2) is 67.4 Å². The van der Waals surface area contributed by atoms with Gasteiger partial charge in [0.2, 0.25) is 0 Å². The zero-order valence-corrected chi connectivity index (χ0v) is 23.6. The topological polar surface area (TPSA) is 107 Å². The minimum absolute atomic E-state index is 0.00430. The van der Waals surface area contributed by atoms with Crippen LogP contribution in [0.3, 0.4) is 0 Å². The van der Waals surface area contributed by atoms with Gasteiger partial charge >= 0.3 is 194 Å². The summed E-state index contributed by atoms with van der Waals surface area (Å²) in [7, 11) is 1.81. The van der Waals surface area contributed by atoms with E-state index >= 15 is 0 Å². The minimum Gasteiger partial charge on any atom is -0.246 e. The van der Waals surface area contributed by atoms with Gasteiger partial charge in [-0.1, -0.05) is 0 Å². The number of ether oxygens (including phenoxy) is 2. The van der Waals surface area contributed by atoms with Crippen molar-refractivity contribution in [1.82, 2.24) is 19.7 Å². The van der Waals surface area contributed by atoms with Crippen LogP contribution in [0.2, 0.25) is 14.8 Å². The minimum atomic E-state index is -2.50. The SMILES string of the molecule is Cc1c([C@@H](O)CN(Cc2n[c]([Sn]([CH3])([CH3])[CH3])nn2C)C(=O)OC(C)(C)C)ccc2c1COC2=O. The molecule has 1 atom stereocenters. The summed E-state index contributed by atoms with van der Waals surface area (Å²) in [5, 5.41) is 15.7. The molecule has 0 fully saturated rings. The number of esters is 1. The number of fused-ring (bicyclic) bond motifs is 1. The second kappa shape index (κ2) is 9.25. The first-order chi connectivity index (χ1) is 15.2. The molecule has 1 aliphatic heterocycles. The number of amides is 1. The molecule has 180 valence electrons. The van der Waals surface area contributed by atoms with Crippen molar-refractivity contribution >= 4 is 34.3 Å². The first kappa shape index (κ1) is 25.5. The second-order valence-corrected chi connectivity index (χ2v) is 24.6. The molecule has 9 nitrogen and oxygen atoms in total. The first-order valence-electron chi connectivity index (χ1n) is 11.0. The molecular weight excluding hydrogens is 531 g/mol. The zero-order chi connectivity index (χ0) is 24.7. The maximum absolute atomic E-state index is 13.0. The Labute approximate surface area is 199 Å². The summed E-state index contributed by atoms with van der Waals surface area (Å²) in [6.07, 6.45) is -1.52. The smallest absolute Gasteiger partial charge is 0.246 e. The summed E-state index contributed by atoms with van der Waals surface area (Å²) in [6, 6.07) is 3.38. The van der Waals surface area contributed by atoms with E-state index in [0.29, 0.717) is 17.0 Å². The molecule has 0 bridgehead atoms. The number of rotatable bonds is 6. The maximum atomic E-state index is 13.0. The van der Waals surface area contributed by atoms with Gasteiger partial charge in [0.25, 0.3) is 0 Å². The van der Waals surface area contributed by atoms with Crippen LogP contribution in [0.25, 0.3) is 0 Å². The van der Waals surface area contributed by atoms with E-state index in [9.17, 15) is 14.7 Å². The summed E-state index contributed by atoms with van der Waals surface area (Å²) in [5.41, 5.74) is 2.04. The number of carbonyl (C=O) groups excluding carboxylic acids is 2. The van der Waals surface area contributed by atoms with E-state index in [-0.39, 0.29) is 25.7 Å². The van der Waals surface area contributed by atoms with E-state index in [1.54, 1.807) is 37.6 Å². The van der Waals surface area contributed by atoms with Crippen LogP contribution < -0.4 is 3.84 Å². The molecular formula is C23H34N4O5Sn. The Bertz CT molecular complexity index is 1070. The van der Waals surface area contributed by atoms with Crippen molar-refractivity contribution in [3.63, 3.8) is 0 Å². The molecule has 0 unspecified atom stereocenters. The molecule has 0 saturated carbocycles. The molecule has 1 aromatic heterocycles. The van der Waals surface area contributed by atoms with Gasteiger partial charge in [-0.15, -0.1) is 0 Å². The Morgan fingerprint density at radius 1 is 1.33 bits per heavy atom. The van der Waals surface area contributed by atoms with Crippen LogP contribution in [0.4, 0.5) is 4.79 Å². The fraction of sp³-hybridized carbons (Fsp3) is 0.565. The van der Waals surface area contributed by atoms with Gasteiger partial charge < -0.3 is 0 Å². The van der Waals surface area contributed by atoms with E-state index in [4.69, 9.17) is 14.5 Å². The molecule has 1 aromatic carbocycles. The molecule has 10 heteroatoms. The number of aryl methyl sites for hydroxylation is 1. The van der Waals surface area contributed by atoms with Crippen LogP contribution in [0.5, 0.6) is 0 Å². The third-order valence-electron chi connectivity index (χ3n) is 5.47. The molecule has 0 radical (unpaired) electrons. The van der Waals surface area contributed by atoms with Gasteiger partial charge in [-0.3, -0.25) is 0 Å². The second-order valence-electron chi connectivity index (χ2n) is 10.5. The van der Waals surface area contributed by atoms with Crippen LogP contribution in [0.1, 0.15) is 59.7 Å². The van der Waals surface area contributed by atoms with Gasteiger partial charge in [-0.2, -0.15) is 0 Å². The normalized spacial score (nSPS) is 14.6. The van der Waals surface area contributed by atoms with Crippen molar-refractivity contribution in [2.24, 2.45) is 7.05 Å². The Kier molecular flexibility index (Phi) is 7.14. The molecule has 0 spiro atoms. The average molecular weight is 565 g/mol. The third kappa shape index (κ3) is 5.86. The third-order valence-corrected chi connectivity index (χ3v) is 9.90. The van der Waals surface area contributed by atoms with Gasteiger partial charge in [0.1, 0.15) is 0 Å². The number of benzene rings is 1. The summed E-state index contributed by atoms with van der Waals surface area (Å²) in [4.78, 5) is 37.7. The molecule has 0 saturated heterocycles. The van der Waals surface area contributed by atoms with E-state index in [0.717, 1.165) is 15.0 Å². The molecule has 0 aliphatic carbocycles. The molecule has 1 aliphatic rings. The van der Waals surface area contributed by atoms with Crippen molar-refractivity contribution in [2.45, 2.75) is 67.4 Å². The van der Waals surface area contributed by atoms with Gasteiger partial charge in [-0.05, 0) is 0 Å². The zero-order valence-electron chi connectivity index (χ0n) is 20.7. The number of nitrogens with zero attached hydrogens (tertiary/aromatic N) is 4. The Morgan fingerprint density at radius 2 is 2.00 bits per heavy atom. The number of hydrogen-bond donors (Lipinski definition) is 1. The van der Waals surface area contributed by atoms with Crippen LogP contribution in [0.15, 0.2) is 12.1 Å². The van der Waals surface area contributed by atoms with Crippen molar-refractivity contribution < 1.29 is 24.2 Å². The molecule has 2 aromatic rings. The molecule has 2 heterocycles. The Hall–Kier alpha value is -2.14. The summed E-state index contributed by atoms with van der Waals surface area (Å²) in [6.45, 7) is 7.60. The van der Waals surface area contributed by atoms with Gasteiger partial charge in [0, 0.05) is 0 Å². The van der Waals surface area contributed by atoms with Crippen molar-refractivity contribution in [1.29, 1.82) is 0 Å². The van der Waals surface area contributed by atoms with Crippen molar-refractivity contribution in [2.75, 3.05) is 6.54 Å². The number of carbonyl (C=O) groups is 2. The van der Waals surface area contributed by atoms with Crippen molar-refractivity contribution in [3.05, 3.63) is 40.2 Å². The quantitative estimate of drug-likeness (QED) is 0.424. The number of aliphatic hydroxyl groups is 1. The average Bonchev–Trinajstić information content (AvgIpc) is 3.23. The number of aromatic nitrogens is 3. The summed E-state index contributed by atoms with van der Waals surface area (Å²) >= 11 is -2.50. The van der Waals surface area contributed by atoms with E-state index < -0.39 is 36.2 Å². The Balaban J connectivity index is 1.89. The van der Waals surface area contributed by atoms with E-state index in [1.165, 1.54) is 4.90 Å². The number of cyclic esters (lactones) is 1. The van der Waals surface area contributed by atoms with Gasteiger partial charge in [0.15, 0.2) is 0 Å². The number of aliphatic hydroxyl groups excluding tert-OH is 1. The fourth-order valence-electron chi connectivity index (χ4n) is 3.61. The van der Waals surface area contributed by atoms with Crippen LogP contribution >= 0.6 is 0 Å². The van der Waals surface area contributed by atoms with Crippen molar-refractivity contribution in [3.8, 4) is 0 Å². The van der Waals surface area contributed by atoms with Crippen LogP contribution in [-0.2, 0) is 29.7 Å². The van der Waals surface area contributed by atoms with Gasteiger partial charge in [-0.25, -0.2) is 4.79 Å². The molecule has 1 amide bonds. The van der Waals surface area contributed by atoms with Crippen LogP contribution in [0, 0.1) is 6.92 Å². The van der Waals surface area contributed by atoms with E-state index in [1.807, 2.05) is 14.0 Å². The van der Waals surface area contributed by atoms with E-state index in [2.05, 4.69) is 19.9 Å². The summed E-state index contributed by atoms with van der Waals surface area (Å²) in [5.74, 6) is 0.284. The Morgan fingerprint density at radius 3 is 2.58 bits per heavy atom.